The summed E-state index contributed by atoms with van der Waals surface area (Å²) < 4.78 is 31.5. The lowest BCUT2D eigenvalue weighted by molar-refractivity contribution is 0.465. The minimum absolute atomic E-state index is 0.119. The quantitative estimate of drug-likeness (QED) is 0.212. The number of phenolic OH excluding ortho intramolecular Hbond substituents is 1. The van der Waals surface area contributed by atoms with Gasteiger partial charge in [-0.25, -0.2) is 0 Å². The van der Waals surface area contributed by atoms with Gasteiger partial charge in [-0.1, -0.05) is 96.8 Å². The van der Waals surface area contributed by atoms with Crippen LogP contribution in [0.15, 0.2) is 23.1 Å². The first kappa shape index (κ1) is 25.0. The predicted octanol–water partition coefficient (Wildman–Crippen LogP) is 7.05. The van der Waals surface area contributed by atoms with Crippen molar-refractivity contribution in [1.29, 1.82) is 0 Å². The molecule has 162 valence electrons. The molecule has 28 heavy (non-hydrogen) atoms. The molecule has 0 saturated carbocycles. The van der Waals surface area contributed by atoms with E-state index in [0.29, 0.717) is 0 Å². The van der Waals surface area contributed by atoms with Gasteiger partial charge in [-0.2, -0.15) is 8.42 Å². The second kappa shape index (κ2) is 14.9. The third-order valence-corrected chi connectivity index (χ3v) is 6.15. The summed E-state index contributed by atoms with van der Waals surface area (Å²) in [6.45, 7) is 2.26. The zero-order chi connectivity index (χ0) is 20.7. The zero-order valence-corrected chi connectivity index (χ0v) is 18.5. The molecular weight excluding hydrogens is 372 g/mol. The predicted molar refractivity (Wildman–Crippen MR) is 117 cm³/mol. The Hall–Kier alpha value is -1.07. The maximum atomic E-state index is 11.2. The lowest BCUT2D eigenvalue weighted by atomic mass is 10.0. The molecule has 0 aliphatic rings. The molecule has 0 radical (unpaired) electrons. The van der Waals surface area contributed by atoms with Gasteiger partial charge in [0.15, 0.2) is 0 Å². The largest absolute Gasteiger partial charge is 0.508 e. The molecule has 1 rings (SSSR count). The summed E-state index contributed by atoms with van der Waals surface area (Å²) in [7, 11) is -4.27. The summed E-state index contributed by atoms with van der Waals surface area (Å²) in [6.07, 6.45) is 20.3. The van der Waals surface area contributed by atoms with E-state index in [9.17, 15) is 13.5 Å². The molecule has 0 bridgehead atoms. The summed E-state index contributed by atoms with van der Waals surface area (Å²) in [4.78, 5) is -0.233. The van der Waals surface area contributed by atoms with E-state index in [1.54, 1.807) is 6.07 Å². The van der Waals surface area contributed by atoms with Crippen LogP contribution in [0.3, 0.4) is 0 Å². The number of aryl methyl sites for hydroxylation is 1. The molecule has 0 amide bonds. The molecule has 2 N–H and O–H groups in total. The van der Waals surface area contributed by atoms with Crippen molar-refractivity contribution in [2.75, 3.05) is 0 Å². The van der Waals surface area contributed by atoms with Crippen molar-refractivity contribution in [3.05, 3.63) is 23.8 Å². The Bertz CT molecular complexity index is 625. The summed E-state index contributed by atoms with van der Waals surface area (Å²) >= 11 is 0. The third kappa shape index (κ3) is 12.4. The maximum absolute atomic E-state index is 11.2. The molecule has 4 nitrogen and oxygen atoms in total. The van der Waals surface area contributed by atoms with Crippen molar-refractivity contribution in [3.63, 3.8) is 0 Å². The molecule has 0 unspecified atom stereocenters. The third-order valence-electron chi connectivity index (χ3n) is 5.32. The molecule has 0 saturated heterocycles. The first-order valence-corrected chi connectivity index (χ1v) is 12.7. The average molecular weight is 413 g/mol. The highest BCUT2D eigenvalue weighted by Gasteiger charge is 2.11. The van der Waals surface area contributed by atoms with Crippen LogP contribution in [0.4, 0.5) is 0 Å². The first-order chi connectivity index (χ1) is 13.4. The maximum Gasteiger partial charge on any atom is 0.294 e. The second-order valence-corrected chi connectivity index (χ2v) is 9.43. The minimum atomic E-state index is -4.27. The number of unbranched alkanes of at least 4 members (excludes halogenated alkanes) is 14. The van der Waals surface area contributed by atoms with E-state index >= 15 is 0 Å². The van der Waals surface area contributed by atoms with E-state index in [2.05, 4.69) is 6.92 Å². The van der Waals surface area contributed by atoms with Gasteiger partial charge in [0.25, 0.3) is 10.1 Å². The van der Waals surface area contributed by atoms with Gasteiger partial charge in [-0.3, -0.25) is 4.55 Å². The Kier molecular flexibility index (Phi) is 13.3. The van der Waals surface area contributed by atoms with E-state index < -0.39 is 10.1 Å². The van der Waals surface area contributed by atoms with Crippen molar-refractivity contribution in [2.45, 2.75) is 115 Å². The fourth-order valence-corrected chi connectivity index (χ4v) is 4.21. The Balaban J connectivity index is 1.98. The minimum Gasteiger partial charge on any atom is -0.508 e. The van der Waals surface area contributed by atoms with Gasteiger partial charge in [0.05, 0.1) is 4.90 Å². The number of rotatable bonds is 17. The molecular formula is C23H40O4S. The summed E-state index contributed by atoms with van der Waals surface area (Å²) in [6, 6.07) is 4.09. The summed E-state index contributed by atoms with van der Waals surface area (Å²) in [5, 5.41) is 9.61. The number of aromatic hydroxyl groups is 1. The monoisotopic (exact) mass is 412 g/mol. The topological polar surface area (TPSA) is 74.6 Å². The highest BCUT2D eigenvalue weighted by molar-refractivity contribution is 7.85. The van der Waals surface area contributed by atoms with Crippen LogP contribution >= 0.6 is 0 Å². The molecule has 0 atom stereocenters. The Morgan fingerprint density at radius 2 is 1.11 bits per heavy atom. The van der Waals surface area contributed by atoms with Crippen LogP contribution in [0.25, 0.3) is 0 Å². The van der Waals surface area contributed by atoms with Gasteiger partial charge in [-0.15, -0.1) is 0 Å². The summed E-state index contributed by atoms with van der Waals surface area (Å²) in [5.41, 5.74) is 0.752. The molecule has 0 spiro atoms. The Labute approximate surface area is 172 Å². The van der Waals surface area contributed by atoms with Crippen LogP contribution in [0, 0.1) is 0 Å². The highest BCUT2D eigenvalue weighted by Crippen LogP contribution is 2.21. The normalized spacial score (nSPS) is 11.8. The van der Waals surface area contributed by atoms with Gasteiger partial charge < -0.3 is 5.11 Å². The molecule has 0 aliphatic heterocycles. The van der Waals surface area contributed by atoms with Gasteiger partial charge in [0, 0.05) is 6.07 Å². The van der Waals surface area contributed by atoms with E-state index in [0.717, 1.165) is 30.9 Å². The van der Waals surface area contributed by atoms with Gasteiger partial charge in [0.1, 0.15) is 5.75 Å². The second-order valence-electron chi connectivity index (χ2n) is 8.01. The van der Waals surface area contributed by atoms with Crippen LogP contribution in [0.5, 0.6) is 5.75 Å². The van der Waals surface area contributed by atoms with E-state index in [-0.39, 0.29) is 10.6 Å². The molecule has 1 aromatic rings. The highest BCUT2D eigenvalue weighted by atomic mass is 32.2. The van der Waals surface area contributed by atoms with Crippen molar-refractivity contribution < 1.29 is 18.1 Å². The summed E-state index contributed by atoms with van der Waals surface area (Å²) in [5.74, 6) is -0.119. The van der Waals surface area contributed by atoms with Crippen LogP contribution < -0.4 is 0 Å². The van der Waals surface area contributed by atoms with Gasteiger partial charge in [-0.05, 0) is 30.5 Å². The lowest BCUT2D eigenvalue weighted by Crippen LogP contribution is -1.99. The van der Waals surface area contributed by atoms with Crippen molar-refractivity contribution in [2.24, 2.45) is 0 Å². The molecule has 0 aliphatic carbocycles. The van der Waals surface area contributed by atoms with E-state index in [4.69, 9.17) is 4.55 Å². The molecule has 0 aromatic heterocycles. The molecule has 0 heterocycles. The van der Waals surface area contributed by atoms with E-state index in [1.807, 2.05) is 0 Å². The fourth-order valence-electron chi connectivity index (χ4n) is 3.64. The van der Waals surface area contributed by atoms with Crippen LogP contribution in [-0.2, 0) is 16.5 Å². The molecule has 5 heteroatoms. The van der Waals surface area contributed by atoms with Gasteiger partial charge in [0.2, 0.25) is 0 Å². The Morgan fingerprint density at radius 1 is 0.679 bits per heavy atom. The van der Waals surface area contributed by atoms with Gasteiger partial charge >= 0.3 is 0 Å². The van der Waals surface area contributed by atoms with Crippen molar-refractivity contribution in [3.8, 4) is 5.75 Å². The number of hydrogen-bond donors (Lipinski definition) is 2. The molecule has 1 aromatic carbocycles. The van der Waals surface area contributed by atoms with Crippen LogP contribution in [0.2, 0.25) is 0 Å². The number of hydrogen-bond acceptors (Lipinski definition) is 3. The van der Waals surface area contributed by atoms with Crippen molar-refractivity contribution in [1.82, 2.24) is 0 Å². The first-order valence-electron chi connectivity index (χ1n) is 11.2. The number of benzene rings is 1. The van der Waals surface area contributed by atoms with Crippen LogP contribution in [-0.4, -0.2) is 18.1 Å². The average Bonchev–Trinajstić information content (AvgIpc) is 2.64. The zero-order valence-electron chi connectivity index (χ0n) is 17.7. The number of phenols is 1. The SMILES string of the molecule is CCCCCCCCCCCCCCCCCc1cc(O)cc(S(=O)(=O)O)c1. The molecule has 0 fully saturated rings. The van der Waals surface area contributed by atoms with Crippen molar-refractivity contribution >= 4 is 10.1 Å². The Morgan fingerprint density at radius 3 is 1.54 bits per heavy atom. The van der Waals surface area contributed by atoms with Crippen LogP contribution in [0.1, 0.15) is 109 Å². The van der Waals surface area contributed by atoms with E-state index in [1.165, 1.54) is 89.5 Å². The fraction of sp³-hybridized carbons (Fsp3) is 0.739. The lowest BCUT2D eigenvalue weighted by Gasteiger charge is -2.06. The smallest absolute Gasteiger partial charge is 0.294 e. The standard InChI is InChI=1S/C23H40O4S/c1-2-3-4-5-6-7-8-9-10-11-12-13-14-15-16-17-21-18-22(24)20-23(19-21)28(25,26)27/h18-20,24H,2-17H2,1H3,(H,25,26,27).